The van der Waals surface area contributed by atoms with E-state index in [1.54, 1.807) is 6.92 Å². The summed E-state index contributed by atoms with van der Waals surface area (Å²) in [4.78, 5) is 3.72. The first kappa shape index (κ1) is 28.2. The largest absolute Gasteiger partial charge is 0.419 e. The van der Waals surface area contributed by atoms with Gasteiger partial charge < -0.3 is 0 Å². The van der Waals surface area contributed by atoms with Gasteiger partial charge >= 0.3 is 6.18 Å². The van der Waals surface area contributed by atoms with Crippen LogP contribution in [0, 0.1) is 13.8 Å². The fraction of sp³-hybridized carbons (Fsp3) is 0.480. The highest BCUT2D eigenvalue weighted by atomic mass is 32.2. The molecule has 1 aromatic heterocycles. The number of thioether (sulfide) groups is 1. The minimum absolute atomic E-state index is 0.00741. The highest BCUT2D eigenvalue weighted by Crippen LogP contribution is 2.35. The van der Waals surface area contributed by atoms with Crippen molar-refractivity contribution < 1.29 is 13.2 Å². The third kappa shape index (κ3) is 11.4. The number of benzene rings is 1. The Balaban J connectivity index is 0.000000505. The highest BCUT2D eigenvalue weighted by Gasteiger charge is 2.33. The molecule has 1 nitrogen and oxygen atoms in total. The quantitative estimate of drug-likeness (QED) is 0.329. The van der Waals surface area contributed by atoms with E-state index in [4.69, 9.17) is 0 Å². The molecule has 168 valence electrons. The van der Waals surface area contributed by atoms with Crippen LogP contribution in [0.4, 0.5) is 13.2 Å². The summed E-state index contributed by atoms with van der Waals surface area (Å²) in [5, 5.41) is 0.00741. The van der Waals surface area contributed by atoms with Crippen LogP contribution in [0.1, 0.15) is 69.2 Å². The van der Waals surface area contributed by atoms with Crippen molar-refractivity contribution in [3.05, 3.63) is 70.9 Å². The first-order chi connectivity index (χ1) is 14.1. The monoisotopic (exact) mass is 439 g/mol. The molecule has 5 heteroatoms. The number of pyridine rings is 1. The molecule has 2 rings (SSSR count). The van der Waals surface area contributed by atoms with Crippen molar-refractivity contribution in [1.29, 1.82) is 0 Å². The number of aryl methyl sites for hydroxylation is 2. The molecule has 0 unspecified atom stereocenters. The molecule has 0 aliphatic carbocycles. The molecule has 0 N–H and O–H groups in total. The van der Waals surface area contributed by atoms with Crippen LogP contribution in [0.5, 0.6) is 0 Å². The van der Waals surface area contributed by atoms with E-state index in [9.17, 15) is 13.2 Å². The summed E-state index contributed by atoms with van der Waals surface area (Å²) in [5.41, 5.74) is 4.56. The first-order valence-corrected chi connectivity index (χ1v) is 11.4. The maximum atomic E-state index is 12.5. The summed E-state index contributed by atoms with van der Waals surface area (Å²) in [7, 11) is 0. The van der Waals surface area contributed by atoms with Crippen LogP contribution < -0.4 is 0 Å². The Hall–Kier alpha value is -1.75. The van der Waals surface area contributed by atoms with Crippen LogP contribution >= 0.6 is 11.8 Å². The Morgan fingerprint density at radius 3 is 2.23 bits per heavy atom. The third-order valence-corrected chi connectivity index (χ3v) is 5.28. The lowest BCUT2D eigenvalue weighted by Crippen LogP contribution is -2.07. The van der Waals surface area contributed by atoms with Crippen molar-refractivity contribution >= 4 is 11.8 Å². The normalized spacial score (nSPS) is 10.4. The number of aromatic nitrogens is 1. The molecule has 0 saturated heterocycles. The van der Waals surface area contributed by atoms with Crippen molar-refractivity contribution in [2.75, 3.05) is 5.75 Å². The number of nitrogens with zero attached hydrogens (tertiary/aromatic N) is 1. The summed E-state index contributed by atoms with van der Waals surface area (Å²) in [6.07, 6.45) is 2.10. The van der Waals surface area contributed by atoms with Crippen molar-refractivity contribution in [3.63, 3.8) is 0 Å². The second kappa shape index (κ2) is 15.1. The molecule has 2 aromatic rings. The van der Waals surface area contributed by atoms with E-state index in [1.165, 1.54) is 54.6 Å². The number of unbranched alkanes of at least 4 members (excludes halogenated alkanes) is 1. The maximum Gasteiger partial charge on any atom is 0.419 e. The van der Waals surface area contributed by atoms with Crippen LogP contribution in [0.3, 0.4) is 0 Å². The van der Waals surface area contributed by atoms with Gasteiger partial charge in [0, 0.05) is 11.9 Å². The van der Waals surface area contributed by atoms with Crippen LogP contribution in [-0.2, 0) is 12.6 Å². The molecule has 1 aromatic carbocycles. The zero-order valence-corrected chi connectivity index (χ0v) is 20.0. The second-order valence-electron chi connectivity index (χ2n) is 7.27. The van der Waals surface area contributed by atoms with Gasteiger partial charge in [0.2, 0.25) is 0 Å². The Bertz CT molecular complexity index is 754. The molecule has 0 bridgehead atoms. The molecule has 0 saturated carbocycles. The zero-order chi connectivity index (χ0) is 23.2. The number of halogens is 3. The minimum atomic E-state index is -4.34. The van der Waals surface area contributed by atoms with Crippen LogP contribution in [0.2, 0.25) is 0 Å². The van der Waals surface area contributed by atoms with Gasteiger partial charge in [-0.15, -0.1) is 11.8 Å². The standard InChI is InChI=1S/C12H18.C10H10F3NS.C3H8/c1-4-5-8-12-9-6-7-10(2)11(12)3;1-7(2)6-15-9-8(10(11,12)13)4-3-5-14-9;1-3-2/h6-7,9H,4-5,8H2,1-3H3;3-5H,1,6H2,2H3;3H2,1-2H3. The Morgan fingerprint density at radius 2 is 1.70 bits per heavy atom. The molecule has 0 aliphatic rings. The number of alkyl halides is 3. The van der Waals surface area contributed by atoms with Crippen molar-refractivity contribution in [1.82, 2.24) is 4.98 Å². The summed E-state index contributed by atoms with van der Waals surface area (Å²) in [6.45, 7) is 16.3. The molecular formula is C25H36F3NS. The number of rotatable bonds is 6. The smallest absolute Gasteiger partial charge is 0.249 e. The molecule has 1 heterocycles. The highest BCUT2D eigenvalue weighted by molar-refractivity contribution is 7.99. The van der Waals surface area contributed by atoms with E-state index in [1.807, 2.05) is 0 Å². The predicted molar refractivity (Wildman–Crippen MR) is 125 cm³/mol. The summed E-state index contributed by atoms with van der Waals surface area (Å²) in [6, 6.07) is 8.91. The Labute approximate surface area is 185 Å². The minimum Gasteiger partial charge on any atom is -0.249 e. The Kier molecular flexibility index (Phi) is 14.2. The van der Waals surface area contributed by atoms with Crippen LogP contribution in [-0.4, -0.2) is 10.7 Å². The number of hydrogen-bond acceptors (Lipinski definition) is 2. The lowest BCUT2D eigenvalue weighted by Gasteiger charge is -2.10. The van der Waals surface area contributed by atoms with Gasteiger partial charge in [-0.25, -0.2) is 4.98 Å². The van der Waals surface area contributed by atoms with Crippen molar-refractivity contribution in [2.45, 2.75) is 78.4 Å². The lowest BCUT2D eigenvalue weighted by atomic mass is 9.99. The van der Waals surface area contributed by atoms with Crippen LogP contribution in [0.15, 0.2) is 53.7 Å². The SMILES string of the molecule is C=C(C)CSc1ncccc1C(F)(F)F.CCC.CCCCc1cccc(C)c1C. The van der Waals surface area contributed by atoms with Gasteiger partial charge in [0.1, 0.15) is 5.03 Å². The van der Waals surface area contributed by atoms with Gasteiger partial charge in [0.15, 0.2) is 0 Å². The van der Waals surface area contributed by atoms with E-state index in [0.29, 0.717) is 5.75 Å². The van der Waals surface area contributed by atoms with Crippen molar-refractivity contribution in [2.24, 2.45) is 0 Å². The van der Waals surface area contributed by atoms with Crippen molar-refractivity contribution in [3.8, 4) is 0 Å². The van der Waals surface area contributed by atoms with Gasteiger partial charge in [0.05, 0.1) is 5.56 Å². The molecule has 0 amide bonds. The van der Waals surface area contributed by atoms with E-state index >= 15 is 0 Å². The summed E-state index contributed by atoms with van der Waals surface area (Å²) >= 11 is 1.05. The molecular weight excluding hydrogens is 403 g/mol. The molecule has 0 radical (unpaired) electrons. The van der Waals surface area contributed by atoms with Gasteiger partial charge in [-0.3, -0.25) is 0 Å². The molecule has 30 heavy (non-hydrogen) atoms. The molecule has 0 spiro atoms. The van der Waals surface area contributed by atoms with E-state index in [-0.39, 0.29) is 5.03 Å². The molecule has 0 aliphatic heterocycles. The van der Waals surface area contributed by atoms with Gasteiger partial charge in [0.25, 0.3) is 0 Å². The second-order valence-corrected chi connectivity index (χ2v) is 8.23. The van der Waals surface area contributed by atoms with Gasteiger partial charge in [-0.1, -0.05) is 64.0 Å². The molecule has 0 fully saturated rings. The zero-order valence-electron chi connectivity index (χ0n) is 19.2. The third-order valence-electron chi connectivity index (χ3n) is 4.05. The molecule has 0 atom stereocenters. The van der Waals surface area contributed by atoms with Gasteiger partial charge in [-0.2, -0.15) is 13.2 Å². The average Bonchev–Trinajstić information content (AvgIpc) is 2.68. The van der Waals surface area contributed by atoms with Gasteiger partial charge in [-0.05, 0) is 62.4 Å². The van der Waals surface area contributed by atoms with E-state index in [0.717, 1.165) is 23.4 Å². The summed E-state index contributed by atoms with van der Waals surface area (Å²) in [5.74, 6) is 0.445. The fourth-order valence-electron chi connectivity index (χ4n) is 2.36. The topological polar surface area (TPSA) is 12.9 Å². The lowest BCUT2D eigenvalue weighted by molar-refractivity contribution is -0.140. The summed E-state index contributed by atoms with van der Waals surface area (Å²) < 4.78 is 37.5. The van der Waals surface area contributed by atoms with E-state index in [2.05, 4.69) is 64.4 Å². The first-order valence-electron chi connectivity index (χ1n) is 10.4. The Morgan fingerprint density at radius 1 is 1.07 bits per heavy atom. The average molecular weight is 440 g/mol. The van der Waals surface area contributed by atoms with E-state index < -0.39 is 11.7 Å². The van der Waals surface area contributed by atoms with Crippen LogP contribution in [0.25, 0.3) is 0 Å². The fourth-order valence-corrected chi connectivity index (χ4v) is 3.22. The predicted octanol–water partition coefficient (Wildman–Crippen LogP) is 8.83. The number of hydrogen-bond donors (Lipinski definition) is 0. The maximum absolute atomic E-state index is 12.5.